The van der Waals surface area contributed by atoms with Crippen LogP contribution in [-0.2, 0) is 4.79 Å². The fourth-order valence-electron chi connectivity index (χ4n) is 1.64. The van der Waals surface area contributed by atoms with Crippen LogP contribution in [-0.4, -0.2) is 24.5 Å². The fourth-order valence-corrected chi connectivity index (χ4v) is 1.64. The minimum absolute atomic E-state index is 0.0195. The van der Waals surface area contributed by atoms with Gasteiger partial charge < -0.3 is 14.8 Å². The third-order valence-corrected chi connectivity index (χ3v) is 2.30. The van der Waals surface area contributed by atoms with Gasteiger partial charge in [0.1, 0.15) is 18.1 Å². The summed E-state index contributed by atoms with van der Waals surface area (Å²) in [5.74, 6) is 0.779. The van der Waals surface area contributed by atoms with Crippen LogP contribution in [0.1, 0.15) is 24.2 Å². The topological polar surface area (TPSA) is 64.6 Å². The zero-order valence-corrected chi connectivity index (χ0v) is 9.65. The number of carbonyl (C=O) groups is 2. The molecule has 1 amide bonds. The average Bonchev–Trinajstić information content (AvgIpc) is 2.24. The van der Waals surface area contributed by atoms with Crippen molar-refractivity contribution in [2.75, 3.05) is 6.61 Å². The van der Waals surface area contributed by atoms with E-state index in [1.165, 1.54) is 0 Å². The van der Waals surface area contributed by atoms with Crippen LogP contribution in [0.15, 0.2) is 18.2 Å². The normalized spacial score (nSPS) is 16.5. The van der Waals surface area contributed by atoms with Crippen molar-refractivity contribution in [1.29, 1.82) is 0 Å². The number of hydrogen-bond donors (Lipinski definition) is 1. The second kappa shape index (κ2) is 4.08. The molecule has 0 saturated carbocycles. The van der Waals surface area contributed by atoms with Crippen molar-refractivity contribution in [3.05, 3.63) is 23.8 Å². The minimum Gasteiger partial charge on any atom is -0.486 e. The summed E-state index contributed by atoms with van der Waals surface area (Å²) in [6.07, 6.45) is 0.664. The summed E-state index contributed by atoms with van der Waals surface area (Å²) in [5, 5.41) is 2.72. The summed E-state index contributed by atoms with van der Waals surface area (Å²) in [5.41, 5.74) is -0.282. The number of aldehydes is 1. The van der Waals surface area contributed by atoms with Gasteiger partial charge in [-0.3, -0.25) is 9.59 Å². The molecule has 0 atom stereocenters. The van der Waals surface area contributed by atoms with E-state index >= 15 is 0 Å². The molecule has 0 aliphatic carbocycles. The van der Waals surface area contributed by atoms with E-state index in [0.717, 1.165) is 0 Å². The Labute approximate surface area is 98.7 Å². The lowest BCUT2D eigenvalue weighted by atomic mass is 10.1. The van der Waals surface area contributed by atoms with Gasteiger partial charge in [0, 0.05) is 6.07 Å². The zero-order chi connectivity index (χ0) is 12.5. The summed E-state index contributed by atoms with van der Waals surface area (Å²) in [6, 6.07) is 4.85. The highest BCUT2D eigenvalue weighted by Gasteiger charge is 2.31. The van der Waals surface area contributed by atoms with Crippen molar-refractivity contribution in [3.63, 3.8) is 0 Å². The zero-order valence-electron chi connectivity index (χ0n) is 9.65. The Balaban J connectivity index is 2.31. The maximum atomic E-state index is 11.7. The van der Waals surface area contributed by atoms with Gasteiger partial charge in [0.05, 0.1) is 5.56 Å². The van der Waals surface area contributed by atoms with Gasteiger partial charge >= 0.3 is 0 Å². The third kappa shape index (κ3) is 2.38. The van der Waals surface area contributed by atoms with Gasteiger partial charge in [-0.15, -0.1) is 0 Å². The Kier molecular flexibility index (Phi) is 2.75. The summed E-state index contributed by atoms with van der Waals surface area (Å²) < 4.78 is 10.8. The Morgan fingerprint density at radius 2 is 2.24 bits per heavy atom. The van der Waals surface area contributed by atoms with Crippen LogP contribution in [0.4, 0.5) is 0 Å². The first kappa shape index (κ1) is 11.4. The van der Waals surface area contributed by atoms with E-state index in [-0.39, 0.29) is 12.5 Å². The average molecular weight is 235 g/mol. The first-order valence-electron chi connectivity index (χ1n) is 5.24. The molecule has 0 radical (unpaired) electrons. The Hall–Kier alpha value is -2.04. The second-order valence-corrected chi connectivity index (χ2v) is 4.20. The molecule has 1 aliphatic rings. The van der Waals surface area contributed by atoms with E-state index in [2.05, 4.69) is 5.32 Å². The van der Waals surface area contributed by atoms with Crippen LogP contribution >= 0.6 is 0 Å². The van der Waals surface area contributed by atoms with Crippen LogP contribution in [0.25, 0.3) is 0 Å². The molecule has 1 aromatic carbocycles. The molecule has 1 aliphatic heterocycles. The van der Waals surface area contributed by atoms with Crippen molar-refractivity contribution in [2.45, 2.75) is 19.6 Å². The van der Waals surface area contributed by atoms with E-state index in [9.17, 15) is 9.59 Å². The van der Waals surface area contributed by atoms with E-state index in [1.54, 1.807) is 32.0 Å². The number of nitrogens with one attached hydrogen (secondary N) is 1. The molecule has 1 aromatic rings. The largest absolute Gasteiger partial charge is 0.486 e. The number of amides is 1. The standard InChI is InChI=1S/C12H13NO4/c1-12(2)13-11(15)9-4-3-8(16-6-5-14)7-10(9)17-12/h3-5,7H,6H2,1-2H3,(H,13,15). The van der Waals surface area contributed by atoms with Crippen LogP contribution in [0.3, 0.4) is 0 Å². The number of ether oxygens (including phenoxy) is 2. The molecule has 17 heavy (non-hydrogen) atoms. The lowest BCUT2D eigenvalue weighted by Crippen LogP contribution is -2.51. The van der Waals surface area contributed by atoms with E-state index in [0.29, 0.717) is 23.3 Å². The Bertz CT molecular complexity index is 468. The highest BCUT2D eigenvalue weighted by molar-refractivity contribution is 5.98. The van der Waals surface area contributed by atoms with Gasteiger partial charge in [-0.1, -0.05) is 0 Å². The van der Waals surface area contributed by atoms with E-state index in [1.807, 2.05) is 0 Å². The monoisotopic (exact) mass is 235 g/mol. The SMILES string of the molecule is CC1(C)NC(=O)c2ccc(OCC=O)cc2O1. The predicted molar refractivity (Wildman–Crippen MR) is 60.2 cm³/mol. The van der Waals surface area contributed by atoms with Crippen LogP contribution in [0, 0.1) is 0 Å². The molecule has 0 unspecified atom stereocenters. The summed E-state index contributed by atoms with van der Waals surface area (Å²) in [6.45, 7) is 3.49. The van der Waals surface area contributed by atoms with Gasteiger partial charge in [-0.05, 0) is 26.0 Å². The van der Waals surface area contributed by atoms with Crippen molar-refractivity contribution in [1.82, 2.24) is 5.32 Å². The maximum Gasteiger partial charge on any atom is 0.258 e. The van der Waals surface area contributed by atoms with Crippen LogP contribution < -0.4 is 14.8 Å². The lowest BCUT2D eigenvalue weighted by Gasteiger charge is -2.33. The molecule has 0 fully saturated rings. The second-order valence-electron chi connectivity index (χ2n) is 4.20. The van der Waals surface area contributed by atoms with Gasteiger partial charge in [0.25, 0.3) is 5.91 Å². The molecule has 0 spiro atoms. The maximum absolute atomic E-state index is 11.7. The smallest absolute Gasteiger partial charge is 0.258 e. The molecular formula is C12H13NO4. The molecular weight excluding hydrogens is 222 g/mol. The third-order valence-electron chi connectivity index (χ3n) is 2.30. The molecule has 0 saturated heterocycles. The van der Waals surface area contributed by atoms with Crippen molar-refractivity contribution < 1.29 is 19.1 Å². The van der Waals surface area contributed by atoms with Crippen LogP contribution in [0.5, 0.6) is 11.5 Å². The summed E-state index contributed by atoms with van der Waals surface area (Å²) >= 11 is 0. The molecule has 0 aromatic heterocycles. The number of fused-ring (bicyclic) bond motifs is 1. The number of rotatable bonds is 3. The molecule has 0 bridgehead atoms. The first-order chi connectivity index (χ1) is 8.02. The molecule has 90 valence electrons. The van der Waals surface area contributed by atoms with Crippen molar-refractivity contribution >= 4 is 12.2 Å². The van der Waals surface area contributed by atoms with Gasteiger partial charge in [0.2, 0.25) is 0 Å². The summed E-state index contributed by atoms with van der Waals surface area (Å²) in [7, 11) is 0. The number of benzene rings is 1. The molecule has 5 nitrogen and oxygen atoms in total. The lowest BCUT2D eigenvalue weighted by molar-refractivity contribution is -0.109. The predicted octanol–water partition coefficient (Wildman–Crippen LogP) is 1.12. The Morgan fingerprint density at radius 3 is 2.94 bits per heavy atom. The summed E-state index contributed by atoms with van der Waals surface area (Å²) in [4.78, 5) is 21.9. The number of carbonyl (C=O) groups excluding carboxylic acids is 2. The molecule has 1 N–H and O–H groups in total. The molecule has 1 heterocycles. The highest BCUT2D eigenvalue weighted by atomic mass is 16.5. The molecule has 2 rings (SSSR count). The quantitative estimate of drug-likeness (QED) is 0.797. The highest BCUT2D eigenvalue weighted by Crippen LogP contribution is 2.30. The Morgan fingerprint density at radius 1 is 1.47 bits per heavy atom. The first-order valence-corrected chi connectivity index (χ1v) is 5.24. The van der Waals surface area contributed by atoms with Crippen molar-refractivity contribution in [2.24, 2.45) is 0 Å². The minimum atomic E-state index is -0.743. The van der Waals surface area contributed by atoms with E-state index < -0.39 is 5.72 Å². The molecule has 5 heteroatoms. The fraction of sp³-hybridized carbons (Fsp3) is 0.333. The van der Waals surface area contributed by atoms with E-state index in [4.69, 9.17) is 9.47 Å². The van der Waals surface area contributed by atoms with Gasteiger partial charge in [-0.2, -0.15) is 0 Å². The van der Waals surface area contributed by atoms with Gasteiger partial charge in [-0.25, -0.2) is 0 Å². The number of hydrogen-bond acceptors (Lipinski definition) is 4. The van der Waals surface area contributed by atoms with Crippen LogP contribution in [0.2, 0.25) is 0 Å². The van der Waals surface area contributed by atoms with Gasteiger partial charge in [0.15, 0.2) is 12.0 Å². The van der Waals surface area contributed by atoms with Crippen molar-refractivity contribution in [3.8, 4) is 11.5 Å².